The van der Waals surface area contributed by atoms with Crippen LogP contribution in [0.15, 0.2) is 48.5 Å². The molecule has 0 saturated heterocycles. The Morgan fingerprint density at radius 1 is 0.700 bits per heavy atom. The molecule has 10 heteroatoms. The van der Waals surface area contributed by atoms with Gasteiger partial charge in [-0.05, 0) is 24.8 Å². The van der Waals surface area contributed by atoms with Gasteiger partial charge in [0.05, 0.1) is 8.31 Å². The van der Waals surface area contributed by atoms with Crippen molar-refractivity contribution in [3.8, 4) is 0 Å². The standard InChI is InChI=1S/C20H32O3Si7/c1-26(2)22-21-24-29(6)18-11-15-20(16-12-18)30(7,8)19-13-9-17(10-14-19)28(5)23-25-27(3)4/h9-16H,1-8H3. The van der Waals surface area contributed by atoms with Crippen LogP contribution in [0, 0.1) is 0 Å². The summed E-state index contributed by atoms with van der Waals surface area (Å²) in [6.45, 7) is 18.3. The Balaban J connectivity index is 2.05. The van der Waals surface area contributed by atoms with Crippen molar-refractivity contribution in [2.45, 2.75) is 52.4 Å². The summed E-state index contributed by atoms with van der Waals surface area (Å²) in [6.07, 6.45) is 0. The van der Waals surface area contributed by atoms with E-state index in [0.29, 0.717) is 18.6 Å². The van der Waals surface area contributed by atoms with Crippen LogP contribution in [0.5, 0.6) is 0 Å². The second kappa shape index (κ2) is 12.2. The molecule has 0 heterocycles. The fourth-order valence-electron chi connectivity index (χ4n) is 2.89. The zero-order chi connectivity index (χ0) is 22.3. The third kappa shape index (κ3) is 7.76. The van der Waals surface area contributed by atoms with Gasteiger partial charge in [0.25, 0.3) is 18.3 Å². The molecule has 0 amide bonds. The average molecular weight is 517 g/mol. The van der Waals surface area contributed by atoms with Crippen molar-refractivity contribution in [3.63, 3.8) is 0 Å². The predicted octanol–water partition coefficient (Wildman–Crippen LogP) is 1.87. The summed E-state index contributed by atoms with van der Waals surface area (Å²) in [5.74, 6) is 0. The van der Waals surface area contributed by atoms with E-state index >= 15 is 0 Å². The van der Waals surface area contributed by atoms with Gasteiger partial charge in [-0.1, -0.05) is 96.8 Å². The summed E-state index contributed by atoms with van der Waals surface area (Å²) in [5.41, 5.74) is 0. The highest BCUT2D eigenvalue weighted by Gasteiger charge is 2.26. The second-order valence-corrected chi connectivity index (χ2v) is 28.1. The predicted molar refractivity (Wildman–Crippen MR) is 142 cm³/mol. The molecule has 0 unspecified atom stereocenters. The van der Waals surface area contributed by atoms with Crippen LogP contribution in [-0.2, 0) is 13.3 Å². The second-order valence-electron chi connectivity index (χ2n) is 8.34. The molecule has 0 spiro atoms. The highest BCUT2D eigenvalue weighted by molar-refractivity contribution is 7.16. The molecule has 158 valence electrons. The SMILES string of the molecule is C[Si](C)OO[Si][Si](C)c1ccc([Si](C)(C)c2ccc([Si](C)O[Si][Si](C)C)cc2)cc1. The molecule has 0 aliphatic heterocycles. The molecule has 3 nitrogen and oxygen atoms in total. The number of benzene rings is 2. The zero-order valence-electron chi connectivity index (χ0n) is 19.3. The van der Waals surface area contributed by atoms with Gasteiger partial charge in [-0.3, -0.25) is 4.58 Å². The molecule has 0 aliphatic carbocycles. The smallest absolute Gasteiger partial charge is 0.265 e. The highest BCUT2D eigenvalue weighted by Crippen LogP contribution is 2.05. The summed E-state index contributed by atoms with van der Waals surface area (Å²) >= 11 is 0. The first-order valence-corrected chi connectivity index (χ1v) is 25.8. The zero-order valence-corrected chi connectivity index (χ0v) is 26.3. The van der Waals surface area contributed by atoms with Gasteiger partial charge in [0.1, 0.15) is 16.4 Å². The quantitative estimate of drug-likeness (QED) is 0.259. The van der Waals surface area contributed by atoms with Gasteiger partial charge in [-0.15, -0.1) is 0 Å². The molecule has 0 fully saturated rings. The van der Waals surface area contributed by atoms with Crippen molar-refractivity contribution in [2.24, 2.45) is 0 Å². The molecule has 2 rings (SSSR count). The van der Waals surface area contributed by atoms with E-state index in [1.807, 2.05) is 0 Å². The molecular formula is C20H32O3Si7. The fourth-order valence-corrected chi connectivity index (χ4v) is 14.3. The number of hydrogen-bond acceptors (Lipinski definition) is 3. The molecule has 0 aliphatic rings. The maximum absolute atomic E-state index is 6.15. The van der Waals surface area contributed by atoms with Crippen molar-refractivity contribution in [1.29, 1.82) is 0 Å². The van der Waals surface area contributed by atoms with E-state index in [4.69, 9.17) is 13.3 Å². The van der Waals surface area contributed by atoms with E-state index < -0.39 is 34.5 Å². The third-order valence-corrected chi connectivity index (χ3v) is 18.0. The Hall–Kier alpha value is -0.162. The summed E-state index contributed by atoms with van der Waals surface area (Å²) in [6, 6.07) is 18.6. The lowest BCUT2D eigenvalue weighted by Gasteiger charge is -2.25. The van der Waals surface area contributed by atoms with E-state index in [9.17, 15) is 0 Å². The lowest BCUT2D eigenvalue weighted by molar-refractivity contribution is -0.100. The molecule has 30 heavy (non-hydrogen) atoms. The van der Waals surface area contributed by atoms with Crippen molar-refractivity contribution in [2.75, 3.05) is 0 Å². The normalized spacial score (nSPS) is 12.5. The Labute approximate surface area is 195 Å². The van der Waals surface area contributed by atoms with Gasteiger partial charge in [-0.2, -0.15) is 0 Å². The van der Waals surface area contributed by atoms with Crippen molar-refractivity contribution in [3.05, 3.63) is 48.5 Å². The minimum absolute atomic E-state index is 0.295. The van der Waals surface area contributed by atoms with Gasteiger partial charge in [0.15, 0.2) is 9.28 Å². The largest absolute Gasteiger partial charge is 0.455 e. The Kier molecular flexibility index (Phi) is 10.6. The van der Waals surface area contributed by atoms with Crippen LogP contribution in [0.25, 0.3) is 0 Å². The average Bonchev–Trinajstić information content (AvgIpc) is 2.71. The van der Waals surface area contributed by atoms with Crippen LogP contribution < -0.4 is 20.7 Å². The molecule has 2 aromatic rings. The Bertz CT molecular complexity index is 767. The van der Waals surface area contributed by atoms with Gasteiger partial charge >= 0.3 is 0 Å². The van der Waals surface area contributed by atoms with E-state index in [0.717, 1.165) is 0 Å². The molecule has 0 bridgehead atoms. The summed E-state index contributed by atoms with van der Waals surface area (Å²) in [4.78, 5) is 0. The van der Waals surface area contributed by atoms with E-state index in [-0.39, 0.29) is 8.31 Å². The first-order valence-electron chi connectivity index (χ1n) is 10.1. The van der Waals surface area contributed by atoms with E-state index in [1.54, 1.807) is 0 Å². The van der Waals surface area contributed by atoms with Crippen LogP contribution in [-0.4, -0.2) is 61.3 Å². The topological polar surface area (TPSA) is 27.7 Å². The minimum Gasteiger partial charge on any atom is -0.455 e. The summed E-state index contributed by atoms with van der Waals surface area (Å²) < 4.78 is 17.0. The van der Waals surface area contributed by atoms with Crippen molar-refractivity contribution < 1.29 is 13.3 Å². The summed E-state index contributed by atoms with van der Waals surface area (Å²) in [7, 11) is -3.24. The Morgan fingerprint density at radius 2 is 1.20 bits per heavy atom. The molecule has 0 N–H and O–H groups in total. The molecular weight excluding hydrogens is 485 g/mol. The number of rotatable bonds is 11. The maximum atomic E-state index is 6.15. The first kappa shape index (κ1) is 26.1. The molecule has 0 aromatic heterocycles. The fraction of sp³-hybridized carbons (Fsp3) is 0.400. The first-order chi connectivity index (χ1) is 14.1. The van der Waals surface area contributed by atoms with Crippen LogP contribution in [0.1, 0.15) is 0 Å². The molecule has 2 aromatic carbocycles. The van der Waals surface area contributed by atoms with E-state index in [2.05, 4.69) is 101 Å². The molecule has 0 saturated carbocycles. The lowest BCUT2D eigenvalue weighted by Crippen LogP contribution is -2.53. The van der Waals surface area contributed by atoms with Gasteiger partial charge in [0.2, 0.25) is 9.04 Å². The van der Waals surface area contributed by atoms with Crippen LogP contribution in [0.4, 0.5) is 0 Å². The monoisotopic (exact) mass is 516 g/mol. The van der Waals surface area contributed by atoms with Gasteiger partial charge in [0, 0.05) is 0 Å². The van der Waals surface area contributed by atoms with Gasteiger partial charge in [-0.25, -0.2) is 0 Å². The Morgan fingerprint density at radius 3 is 1.67 bits per heavy atom. The van der Waals surface area contributed by atoms with Crippen LogP contribution in [0.3, 0.4) is 0 Å². The molecule has 0 atom stereocenters. The minimum atomic E-state index is -1.71. The highest BCUT2D eigenvalue weighted by atomic mass is 29.2. The molecule has 8 radical (unpaired) electrons. The van der Waals surface area contributed by atoms with Crippen LogP contribution >= 0.6 is 0 Å². The van der Waals surface area contributed by atoms with Crippen LogP contribution in [0.2, 0.25) is 52.4 Å². The number of hydrogen-bond donors (Lipinski definition) is 0. The van der Waals surface area contributed by atoms with Gasteiger partial charge < -0.3 is 8.69 Å². The third-order valence-electron chi connectivity index (χ3n) is 4.86. The van der Waals surface area contributed by atoms with E-state index in [1.165, 1.54) is 20.7 Å². The van der Waals surface area contributed by atoms with Crippen molar-refractivity contribution >= 4 is 82.1 Å². The lowest BCUT2D eigenvalue weighted by atomic mass is 10.3. The van der Waals surface area contributed by atoms with Crippen molar-refractivity contribution in [1.82, 2.24) is 0 Å². The maximum Gasteiger partial charge on any atom is 0.265 e. The summed E-state index contributed by atoms with van der Waals surface area (Å²) in [5, 5.41) is 5.75.